The molecule has 0 aliphatic rings. The molecule has 19 heavy (non-hydrogen) atoms. The van der Waals surface area contributed by atoms with E-state index in [-0.39, 0.29) is 5.97 Å². The molecule has 0 radical (unpaired) electrons. The predicted octanol–water partition coefficient (Wildman–Crippen LogP) is 2.07. The Labute approximate surface area is 117 Å². The minimum Gasteiger partial charge on any atom is -0.465 e. The number of thioether (sulfide) groups is 1. The van der Waals surface area contributed by atoms with Gasteiger partial charge >= 0.3 is 5.97 Å². The zero-order chi connectivity index (χ0) is 14.1. The summed E-state index contributed by atoms with van der Waals surface area (Å²) in [6.07, 6.45) is 0.582. The van der Waals surface area contributed by atoms with Crippen molar-refractivity contribution in [3.8, 4) is 6.07 Å². The summed E-state index contributed by atoms with van der Waals surface area (Å²) in [4.78, 5) is 11.3. The molecular weight excluding hydrogens is 260 g/mol. The molecule has 4 nitrogen and oxygen atoms in total. The van der Waals surface area contributed by atoms with Gasteiger partial charge in [-0.25, -0.2) is 0 Å². The lowest BCUT2D eigenvalue weighted by atomic mass is 10.1. The molecule has 1 atom stereocenters. The number of carbonyl (C=O) groups excluding carboxylic acids is 1. The third kappa shape index (κ3) is 5.33. The molecule has 0 saturated heterocycles. The second kappa shape index (κ2) is 8.57. The van der Waals surface area contributed by atoms with E-state index in [4.69, 9.17) is 15.7 Å². The highest BCUT2D eigenvalue weighted by molar-refractivity contribution is 7.98. The first kappa shape index (κ1) is 15.5. The SMILES string of the molecule is CCOC(=O)C(N)CCSCc1ccccc1C#N. The maximum absolute atomic E-state index is 11.3. The summed E-state index contributed by atoms with van der Waals surface area (Å²) in [5, 5.41) is 8.95. The molecule has 0 heterocycles. The monoisotopic (exact) mass is 278 g/mol. The number of carbonyl (C=O) groups is 1. The lowest BCUT2D eigenvalue weighted by Gasteiger charge is -2.10. The van der Waals surface area contributed by atoms with Crippen LogP contribution in [0.4, 0.5) is 0 Å². The maximum atomic E-state index is 11.3. The molecule has 0 fully saturated rings. The van der Waals surface area contributed by atoms with E-state index in [1.165, 1.54) is 0 Å². The van der Waals surface area contributed by atoms with Gasteiger partial charge in [0.05, 0.1) is 18.2 Å². The Bertz CT molecular complexity index is 457. The molecule has 0 aliphatic carbocycles. The van der Waals surface area contributed by atoms with Crippen LogP contribution in [0.3, 0.4) is 0 Å². The zero-order valence-corrected chi connectivity index (χ0v) is 11.8. The predicted molar refractivity (Wildman–Crippen MR) is 76.5 cm³/mol. The fraction of sp³-hybridized carbons (Fsp3) is 0.429. The van der Waals surface area contributed by atoms with E-state index in [2.05, 4.69) is 6.07 Å². The lowest BCUT2D eigenvalue weighted by Crippen LogP contribution is -2.32. The van der Waals surface area contributed by atoms with Gasteiger partial charge in [-0.2, -0.15) is 17.0 Å². The molecule has 1 aromatic rings. The largest absolute Gasteiger partial charge is 0.465 e. The summed E-state index contributed by atoms with van der Waals surface area (Å²) >= 11 is 1.66. The second-order valence-electron chi connectivity index (χ2n) is 3.97. The number of benzene rings is 1. The number of nitrogens with zero attached hydrogens (tertiary/aromatic N) is 1. The van der Waals surface area contributed by atoms with Gasteiger partial charge in [0.1, 0.15) is 6.04 Å². The molecule has 1 unspecified atom stereocenters. The van der Waals surface area contributed by atoms with E-state index >= 15 is 0 Å². The Balaban J connectivity index is 2.31. The number of hydrogen-bond donors (Lipinski definition) is 1. The van der Waals surface area contributed by atoms with E-state index < -0.39 is 6.04 Å². The molecule has 2 N–H and O–H groups in total. The van der Waals surface area contributed by atoms with Crippen LogP contribution < -0.4 is 5.73 Å². The lowest BCUT2D eigenvalue weighted by molar-refractivity contribution is -0.144. The normalized spacial score (nSPS) is 11.6. The summed E-state index contributed by atoms with van der Waals surface area (Å²) in [5.41, 5.74) is 7.41. The molecule has 5 heteroatoms. The molecule has 1 rings (SSSR count). The van der Waals surface area contributed by atoms with E-state index in [9.17, 15) is 4.79 Å². The van der Waals surface area contributed by atoms with Gasteiger partial charge in [0, 0.05) is 5.75 Å². The first-order valence-corrected chi connectivity index (χ1v) is 7.32. The molecular formula is C14H18N2O2S. The van der Waals surface area contributed by atoms with Crippen LogP contribution in [0.5, 0.6) is 0 Å². The average molecular weight is 278 g/mol. The number of rotatable bonds is 7. The van der Waals surface area contributed by atoms with E-state index in [0.29, 0.717) is 18.6 Å². The van der Waals surface area contributed by atoms with Crippen molar-refractivity contribution < 1.29 is 9.53 Å². The van der Waals surface area contributed by atoms with Crippen LogP contribution >= 0.6 is 11.8 Å². The summed E-state index contributed by atoms with van der Waals surface area (Å²) < 4.78 is 4.84. The first-order chi connectivity index (χ1) is 9.19. The van der Waals surface area contributed by atoms with Gasteiger partial charge in [-0.3, -0.25) is 4.79 Å². The number of nitriles is 1. The van der Waals surface area contributed by atoms with Crippen LogP contribution in [0.15, 0.2) is 24.3 Å². The molecule has 0 bridgehead atoms. The van der Waals surface area contributed by atoms with Gasteiger partial charge in [-0.05, 0) is 30.7 Å². The van der Waals surface area contributed by atoms with Crippen molar-refractivity contribution >= 4 is 17.7 Å². The van der Waals surface area contributed by atoms with Crippen LogP contribution in [0.1, 0.15) is 24.5 Å². The van der Waals surface area contributed by atoms with Crippen LogP contribution in [0, 0.1) is 11.3 Å². The summed E-state index contributed by atoms with van der Waals surface area (Å²) in [5.74, 6) is 1.17. The van der Waals surface area contributed by atoms with Crippen LogP contribution in [-0.2, 0) is 15.3 Å². The van der Waals surface area contributed by atoms with Crippen molar-refractivity contribution in [2.45, 2.75) is 25.1 Å². The zero-order valence-electron chi connectivity index (χ0n) is 11.0. The Morgan fingerprint density at radius 3 is 2.95 bits per heavy atom. The molecule has 0 saturated carbocycles. The molecule has 1 aromatic carbocycles. The second-order valence-corrected chi connectivity index (χ2v) is 5.07. The fourth-order valence-electron chi connectivity index (χ4n) is 1.51. The standard InChI is InChI=1S/C14H18N2O2S/c1-2-18-14(17)13(16)7-8-19-10-12-6-4-3-5-11(12)9-15/h3-6,13H,2,7-8,10,16H2,1H3. The van der Waals surface area contributed by atoms with E-state index in [0.717, 1.165) is 17.1 Å². The van der Waals surface area contributed by atoms with Crippen molar-refractivity contribution in [1.29, 1.82) is 5.26 Å². The van der Waals surface area contributed by atoms with Gasteiger partial charge in [-0.15, -0.1) is 0 Å². The summed E-state index contributed by atoms with van der Waals surface area (Å²) in [6, 6.07) is 9.13. The van der Waals surface area contributed by atoms with Gasteiger partial charge in [0.2, 0.25) is 0 Å². The van der Waals surface area contributed by atoms with Gasteiger partial charge in [-0.1, -0.05) is 18.2 Å². The average Bonchev–Trinajstić information content (AvgIpc) is 2.44. The van der Waals surface area contributed by atoms with E-state index in [1.54, 1.807) is 24.8 Å². The Kier molecular flexibility index (Phi) is 7.01. The smallest absolute Gasteiger partial charge is 0.322 e. The van der Waals surface area contributed by atoms with E-state index in [1.807, 2.05) is 18.2 Å². The summed E-state index contributed by atoms with van der Waals surface area (Å²) in [7, 11) is 0. The molecule has 0 spiro atoms. The van der Waals surface area contributed by atoms with Gasteiger partial charge in [0.15, 0.2) is 0 Å². The molecule has 0 aliphatic heterocycles. The topological polar surface area (TPSA) is 76.1 Å². The fourth-order valence-corrected chi connectivity index (χ4v) is 2.55. The number of esters is 1. The van der Waals surface area contributed by atoms with Crippen molar-refractivity contribution in [2.75, 3.05) is 12.4 Å². The molecule has 0 aromatic heterocycles. The Morgan fingerprint density at radius 2 is 2.26 bits per heavy atom. The highest BCUT2D eigenvalue weighted by atomic mass is 32.2. The third-order valence-corrected chi connectivity index (χ3v) is 3.60. The minimum absolute atomic E-state index is 0.347. The minimum atomic E-state index is -0.557. The number of ether oxygens (including phenoxy) is 1. The Morgan fingerprint density at radius 1 is 1.53 bits per heavy atom. The van der Waals surface area contributed by atoms with Crippen molar-refractivity contribution in [3.05, 3.63) is 35.4 Å². The van der Waals surface area contributed by atoms with Crippen LogP contribution in [0.25, 0.3) is 0 Å². The van der Waals surface area contributed by atoms with Gasteiger partial charge in [0.25, 0.3) is 0 Å². The highest BCUT2D eigenvalue weighted by Crippen LogP contribution is 2.17. The molecule has 0 amide bonds. The maximum Gasteiger partial charge on any atom is 0.322 e. The Hall–Kier alpha value is -1.51. The highest BCUT2D eigenvalue weighted by Gasteiger charge is 2.13. The van der Waals surface area contributed by atoms with Crippen molar-refractivity contribution in [3.63, 3.8) is 0 Å². The first-order valence-electron chi connectivity index (χ1n) is 6.17. The van der Waals surface area contributed by atoms with Crippen molar-refractivity contribution in [1.82, 2.24) is 0 Å². The van der Waals surface area contributed by atoms with Crippen LogP contribution in [0.2, 0.25) is 0 Å². The van der Waals surface area contributed by atoms with Crippen LogP contribution in [-0.4, -0.2) is 24.4 Å². The summed E-state index contributed by atoms with van der Waals surface area (Å²) in [6.45, 7) is 2.12. The van der Waals surface area contributed by atoms with Gasteiger partial charge < -0.3 is 10.5 Å². The third-order valence-electron chi connectivity index (χ3n) is 2.56. The number of hydrogen-bond acceptors (Lipinski definition) is 5. The quantitative estimate of drug-likeness (QED) is 0.610. The molecule has 102 valence electrons. The van der Waals surface area contributed by atoms with Crippen molar-refractivity contribution in [2.24, 2.45) is 5.73 Å². The number of nitrogens with two attached hydrogens (primary N) is 1.